The molecule has 4 nitrogen and oxygen atoms in total. The van der Waals surface area contributed by atoms with Crippen molar-refractivity contribution in [3.8, 4) is 0 Å². The summed E-state index contributed by atoms with van der Waals surface area (Å²) in [5, 5.41) is 8.28. The van der Waals surface area contributed by atoms with Crippen molar-refractivity contribution in [2.75, 3.05) is 5.23 Å². The Morgan fingerprint density at radius 1 is 1.58 bits per heavy atom. The number of nitrogens with zero attached hydrogens (tertiary/aromatic N) is 2. The average molecular weight is 235 g/mol. The molecule has 0 bridgehead atoms. The number of rotatable bonds is 2. The average Bonchev–Trinajstić information content (AvgIpc) is 2.03. The summed E-state index contributed by atoms with van der Waals surface area (Å²) in [7, 11) is 0. The first kappa shape index (κ1) is 8.92. The Hall–Kier alpha value is -1.17. The van der Waals surface area contributed by atoms with E-state index >= 15 is 0 Å². The van der Waals surface area contributed by atoms with Crippen molar-refractivity contribution in [3.05, 3.63) is 38.9 Å². The maximum absolute atomic E-state index is 12.6. The van der Waals surface area contributed by atoms with Gasteiger partial charge >= 0.3 is 0 Å². The summed E-state index contributed by atoms with van der Waals surface area (Å²) in [5.41, 5.74) is -0.116. The minimum absolute atomic E-state index is 0.116. The predicted octanol–water partition coefficient (Wildman–Crippen LogP) is 2.33. The highest BCUT2D eigenvalue weighted by Crippen LogP contribution is 2.19. The van der Waals surface area contributed by atoms with Crippen molar-refractivity contribution >= 4 is 21.6 Å². The lowest BCUT2D eigenvalue weighted by Gasteiger charge is -2.01. The van der Waals surface area contributed by atoms with E-state index in [0.29, 0.717) is 4.47 Å². The van der Waals surface area contributed by atoms with Gasteiger partial charge in [0.25, 0.3) is 0 Å². The van der Waals surface area contributed by atoms with Gasteiger partial charge in [-0.15, -0.1) is 0 Å². The van der Waals surface area contributed by atoms with Crippen LogP contribution in [0.2, 0.25) is 0 Å². The molecule has 0 aromatic heterocycles. The molecule has 0 aliphatic heterocycles. The van der Waals surface area contributed by atoms with E-state index < -0.39 is 10.3 Å². The first-order chi connectivity index (χ1) is 5.61. The third-order valence-corrected chi connectivity index (χ3v) is 1.66. The molecule has 0 saturated carbocycles. The van der Waals surface area contributed by atoms with E-state index in [1.165, 1.54) is 18.2 Å². The smallest absolute Gasteiger partial charge is 0.196 e. The summed E-state index contributed by atoms with van der Waals surface area (Å²) in [5.74, 6) is 0. The van der Waals surface area contributed by atoms with Crippen LogP contribution in [0, 0.1) is 10.1 Å². The fourth-order valence-electron chi connectivity index (χ4n) is 0.685. The van der Waals surface area contributed by atoms with Crippen LogP contribution in [0.15, 0.2) is 28.7 Å². The van der Waals surface area contributed by atoms with Gasteiger partial charge in [-0.1, -0.05) is 22.0 Å². The highest BCUT2D eigenvalue weighted by Gasteiger charge is 2.15. The quantitative estimate of drug-likeness (QED) is 0.449. The lowest BCUT2D eigenvalue weighted by molar-refractivity contribution is -0.525. The third-order valence-electron chi connectivity index (χ3n) is 1.16. The zero-order chi connectivity index (χ0) is 9.14. The molecule has 1 rings (SSSR count). The molecular weight excluding hydrogens is 231 g/mol. The number of hydrogen-bond acceptors (Lipinski definition) is 2. The Bertz CT molecular complexity index is 307. The molecular formula is C6H4BrFN2O2. The molecule has 0 heterocycles. The number of benzene rings is 1. The van der Waals surface area contributed by atoms with Crippen LogP contribution >= 0.6 is 15.9 Å². The number of nitro groups is 1. The Morgan fingerprint density at radius 3 is 2.75 bits per heavy atom. The highest BCUT2D eigenvalue weighted by molar-refractivity contribution is 9.10. The van der Waals surface area contributed by atoms with Gasteiger partial charge in [0.15, 0.2) is 5.03 Å². The van der Waals surface area contributed by atoms with Crippen LogP contribution in [-0.4, -0.2) is 5.03 Å². The summed E-state index contributed by atoms with van der Waals surface area (Å²) in [6.45, 7) is 0. The van der Waals surface area contributed by atoms with Gasteiger partial charge in [0.05, 0.1) is 5.23 Å². The van der Waals surface area contributed by atoms with Gasteiger partial charge in [0.1, 0.15) is 5.69 Å². The molecule has 64 valence electrons. The van der Waals surface area contributed by atoms with E-state index in [9.17, 15) is 14.6 Å². The van der Waals surface area contributed by atoms with E-state index in [0.717, 1.165) is 0 Å². The van der Waals surface area contributed by atoms with Crippen LogP contribution in [0.4, 0.5) is 10.2 Å². The molecule has 0 atom stereocenters. The Morgan fingerprint density at radius 2 is 2.25 bits per heavy atom. The summed E-state index contributed by atoms with van der Waals surface area (Å²) in [4.78, 5) is 9.95. The molecule has 0 saturated heterocycles. The van der Waals surface area contributed by atoms with Crippen LogP contribution in [0.5, 0.6) is 0 Å². The third kappa shape index (κ3) is 1.91. The second kappa shape index (κ2) is 3.48. The van der Waals surface area contributed by atoms with Crippen molar-refractivity contribution in [2.45, 2.75) is 0 Å². The van der Waals surface area contributed by atoms with Crippen LogP contribution in [0.25, 0.3) is 0 Å². The molecule has 0 spiro atoms. The van der Waals surface area contributed by atoms with E-state index in [-0.39, 0.29) is 5.69 Å². The van der Waals surface area contributed by atoms with Crippen molar-refractivity contribution < 1.29 is 9.51 Å². The van der Waals surface area contributed by atoms with Gasteiger partial charge in [-0.05, 0) is 22.7 Å². The van der Waals surface area contributed by atoms with Crippen molar-refractivity contribution in [1.29, 1.82) is 0 Å². The largest absolute Gasteiger partial charge is 0.232 e. The number of hydrogen-bond donors (Lipinski definition) is 0. The van der Waals surface area contributed by atoms with E-state index in [2.05, 4.69) is 15.9 Å². The number of hydrazine groups is 1. The summed E-state index contributed by atoms with van der Waals surface area (Å²) < 4.78 is 13.1. The maximum atomic E-state index is 12.6. The van der Waals surface area contributed by atoms with Gasteiger partial charge in [0, 0.05) is 4.47 Å². The first-order valence-corrected chi connectivity index (χ1v) is 3.76. The molecule has 0 radical (unpaired) electrons. The van der Waals surface area contributed by atoms with Crippen molar-refractivity contribution in [1.82, 2.24) is 0 Å². The molecule has 0 aliphatic carbocycles. The Balaban J connectivity index is 2.95. The van der Waals surface area contributed by atoms with Gasteiger partial charge < -0.3 is 0 Å². The van der Waals surface area contributed by atoms with Gasteiger partial charge in [0.2, 0.25) is 0 Å². The van der Waals surface area contributed by atoms with Gasteiger partial charge in [-0.2, -0.15) is 0 Å². The zero-order valence-corrected chi connectivity index (χ0v) is 7.36. The molecule has 0 N–H and O–H groups in total. The zero-order valence-electron chi connectivity index (χ0n) is 5.78. The monoisotopic (exact) mass is 234 g/mol. The Kier molecular flexibility index (Phi) is 2.59. The summed E-state index contributed by atoms with van der Waals surface area (Å²) in [6.07, 6.45) is 0. The number of halogens is 2. The minimum Gasteiger partial charge on any atom is -0.232 e. The molecule has 0 amide bonds. The lowest BCUT2D eigenvalue weighted by atomic mass is 10.3. The van der Waals surface area contributed by atoms with Crippen molar-refractivity contribution in [3.63, 3.8) is 0 Å². The SMILES string of the molecule is O=[N+]([O-])N(F)c1cccc(Br)c1. The highest BCUT2D eigenvalue weighted by atomic mass is 79.9. The van der Waals surface area contributed by atoms with Crippen LogP contribution in [0.1, 0.15) is 0 Å². The number of anilines is 1. The van der Waals surface area contributed by atoms with E-state index in [4.69, 9.17) is 0 Å². The standard InChI is InChI=1S/C6H4BrFN2O2/c7-5-2-1-3-6(4-5)9(8)10(11)12/h1-4H. The normalized spacial score (nSPS) is 9.50. The summed E-state index contributed by atoms with van der Waals surface area (Å²) >= 11 is 3.06. The van der Waals surface area contributed by atoms with E-state index in [1.54, 1.807) is 6.07 Å². The van der Waals surface area contributed by atoms with Gasteiger partial charge in [-0.3, -0.25) is 0 Å². The Labute approximate surface area is 75.8 Å². The molecule has 0 aliphatic rings. The second-order valence-electron chi connectivity index (χ2n) is 1.98. The van der Waals surface area contributed by atoms with E-state index in [1.807, 2.05) is 0 Å². The topological polar surface area (TPSA) is 46.4 Å². The molecule has 1 aromatic rings. The fraction of sp³-hybridized carbons (Fsp3) is 0. The van der Waals surface area contributed by atoms with Crippen LogP contribution in [0.3, 0.4) is 0 Å². The van der Waals surface area contributed by atoms with Gasteiger partial charge in [-0.25, -0.2) is 10.1 Å². The fourth-order valence-corrected chi connectivity index (χ4v) is 1.07. The maximum Gasteiger partial charge on any atom is 0.196 e. The molecule has 1 aromatic carbocycles. The van der Waals surface area contributed by atoms with Crippen LogP contribution in [-0.2, 0) is 0 Å². The molecule has 6 heteroatoms. The van der Waals surface area contributed by atoms with Crippen LogP contribution < -0.4 is 5.23 Å². The van der Waals surface area contributed by atoms with Crippen molar-refractivity contribution in [2.24, 2.45) is 0 Å². The molecule has 0 unspecified atom stereocenters. The second-order valence-corrected chi connectivity index (χ2v) is 2.89. The lowest BCUT2D eigenvalue weighted by Crippen LogP contribution is -2.19. The predicted molar refractivity (Wildman–Crippen MR) is 44.7 cm³/mol. The molecule has 12 heavy (non-hydrogen) atoms. The first-order valence-electron chi connectivity index (χ1n) is 2.97. The minimum atomic E-state index is -1.14. The summed E-state index contributed by atoms with van der Waals surface area (Å²) in [6, 6.07) is 5.77. The molecule has 0 fully saturated rings.